The van der Waals surface area contributed by atoms with Crippen molar-refractivity contribution >= 4 is 38.4 Å². The highest BCUT2D eigenvalue weighted by molar-refractivity contribution is 9.10. The van der Waals surface area contributed by atoms with E-state index in [0.717, 1.165) is 45.2 Å². The summed E-state index contributed by atoms with van der Waals surface area (Å²) in [5.41, 5.74) is 4.52. The molecule has 24 heavy (non-hydrogen) atoms. The van der Waals surface area contributed by atoms with Gasteiger partial charge in [-0.2, -0.15) is 0 Å². The van der Waals surface area contributed by atoms with Crippen molar-refractivity contribution in [1.29, 1.82) is 0 Å². The predicted octanol–water partition coefficient (Wildman–Crippen LogP) is 5.44. The number of hydrogen-bond acceptors (Lipinski definition) is 2. The van der Waals surface area contributed by atoms with Crippen molar-refractivity contribution < 1.29 is 4.79 Å². The Labute approximate surface area is 149 Å². The fourth-order valence-corrected chi connectivity index (χ4v) is 3.48. The largest absolute Gasteiger partial charge is 0.321 e. The lowest BCUT2D eigenvalue weighted by Crippen LogP contribution is -2.14. The Bertz CT molecular complexity index is 948. The van der Waals surface area contributed by atoms with Gasteiger partial charge in [0.2, 0.25) is 0 Å². The van der Waals surface area contributed by atoms with E-state index in [0.29, 0.717) is 11.5 Å². The normalized spacial score (nSPS) is 13.9. The van der Waals surface area contributed by atoms with Crippen molar-refractivity contribution in [2.24, 2.45) is 0 Å². The summed E-state index contributed by atoms with van der Waals surface area (Å²) >= 11 is 3.52. The van der Waals surface area contributed by atoms with Gasteiger partial charge in [0.15, 0.2) is 0 Å². The van der Waals surface area contributed by atoms with Crippen LogP contribution in [0.2, 0.25) is 0 Å². The molecular formula is C20H17BrN2O. The SMILES string of the molecule is Cc1ccc(NC(=O)c2cc(C3CC3)nc3ccccc23)c(Br)c1. The zero-order valence-corrected chi connectivity index (χ0v) is 14.9. The Kier molecular flexibility index (Phi) is 3.85. The van der Waals surface area contributed by atoms with Crippen LogP contribution >= 0.6 is 15.9 Å². The number of carbonyl (C=O) groups excluding carboxylic acids is 1. The number of carbonyl (C=O) groups is 1. The van der Waals surface area contributed by atoms with Crippen molar-refractivity contribution in [2.75, 3.05) is 5.32 Å². The van der Waals surface area contributed by atoms with Gasteiger partial charge in [0.25, 0.3) is 5.91 Å². The van der Waals surface area contributed by atoms with Crippen molar-refractivity contribution in [3.05, 3.63) is 69.8 Å². The number of fused-ring (bicyclic) bond motifs is 1. The molecule has 1 aromatic heterocycles. The molecule has 0 spiro atoms. The van der Waals surface area contributed by atoms with Crippen LogP contribution in [-0.2, 0) is 0 Å². The molecule has 0 radical (unpaired) electrons. The minimum absolute atomic E-state index is 0.0972. The molecule has 1 amide bonds. The second kappa shape index (κ2) is 6.02. The van der Waals surface area contributed by atoms with Gasteiger partial charge in [-0.15, -0.1) is 0 Å². The second-order valence-electron chi connectivity index (χ2n) is 6.32. The summed E-state index contributed by atoms with van der Waals surface area (Å²) in [4.78, 5) is 17.6. The molecule has 1 fully saturated rings. The summed E-state index contributed by atoms with van der Waals surface area (Å²) in [7, 11) is 0. The van der Waals surface area contributed by atoms with Crippen molar-refractivity contribution in [2.45, 2.75) is 25.7 Å². The van der Waals surface area contributed by atoms with Crippen LogP contribution in [0.5, 0.6) is 0 Å². The third-order valence-corrected chi connectivity index (χ3v) is 5.01. The molecule has 2 aromatic carbocycles. The number of halogens is 1. The highest BCUT2D eigenvalue weighted by atomic mass is 79.9. The summed E-state index contributed by atoms with van der Waals surface area (Å²) in [5, 5.41) is 3.91. The van der Waals surface area contributed by atoms with Crippen LogP contribution in [-0.4, -0.2) is 10.9 Å². The molecule has 0 bridgehead atoms. The minimum Gasteiger partial charge on any atom is -0.321 e. The van der Waals surface area contributed by atoms with Gasteiger partial charge in [-0.3, -0.25) is 9.78 Å². The van der Waals surface area contributed by atoms with Crippen LogP contribution in [0.4, 0.5) is 5.69 Å². The smallest absolute Gasteiger partial charge is 0.256 e. The molecular weight excluding hydrogens is 364 g/mol. The Morgan fingerprint density at radius 3 is 2.71 bits per heavy atom. The van der Waals surface area contributed by atoms with Crippen LogP contribution in [0.15, 0.2) is 53.0 Å². The van der Waals surface area contributed by atoms with Gasteiger partial charge in [0.1, 0.15) is 0 Å². The fraction of sp³-hybridized carbons (Fsp3) is 0.200. The number of aryl methyl sites for hydroxylation is 1. The molecule has 120 valence electrons. The maximum atomic E-state index is 12.9. The summed E-state index contributed by atoms with van der Waals surface area (Å²) in [6.07, 6.45) is 2.33. The number of amides is 1. The van der Waals surface area contributed by atoms with E-state index in [4.69, 9.17) is 4.98 Å². The van der Waals surface area contributed by atoms with Gasteiger partial charge in [-0.05, 0) is 65.5 Å². The summed E-state index contributed by atoms with van der Waals surface area (Å²) in [6, 6.07) is 15.7. The zero-order chi connectivity index (χ0) is 16.7. The van der Waals surface area contributed by atoms with Crippen LogP contribution < -0.4 is 5.32 Å². The minimum atomic E-state index is -0.0972. The van der Waals surface area contributed by atoms with Crippen molar-refractivity contribution in [3.63, 3.8) is 0 Å². The molecule has 3 nitrogen and oxygen atoms in total. The van der Waals surface area contributed by atoms with Gasteiger partial charge in [-0.1, -0.05) is 24.3 Å². The Balaban J connectivity index is 1.75. The van der Waals surface area contributed by atoms with Crippen LogP contribution in [0.25, 0.3) is 10.9 Å². The van der Waals surface area contributed by atoms with Crippen molar-refractivity contribution in [1.82, 2.24) is 4.98 Å². The summed E-state index contributed by atoms with van der Waals surface area (Å²) in [5.74, 6) is 0.410. The lowest BCUT2D eigenvalue weighted by Gasteiger charge is -2.11. The number of aromatic nitrogens is 1. The first kappa shape index (κ1) is 15.3. The number of nitrogens with zero attached hydrogens (tertiary/aromatic N) is 1. The van der Waals surface area contributed by atoms with Crippen LogP contribution in [0.3, 0.4) is 0 Å². The average molecular weight is 381 g/mol. The molecule has 1 aliphatic carbocycles. The molecule has 4 rings (SSSR count). The van der Waals surface area contributed by atoms with Crippen molar-refractivity contribution in [3.8, 4) is 0 Å². The van der Waals surface area contributed by atoms with E-state index >= 15 is 0 Å². The molecule has 0 atom stereocenters. The lowest BCUT2D eigenvalue weighted by atomic mass is 10.1. The number of benzene rings is 2. The monoisotopic (exact) mass is 380 g/mol. The third-order valence-electron chi connectivity index (χ3n) is 4.35. The number of pyridine rings is 1. The first-order valence-electron chi connectivity index (χ1n) is 8.09. The second-order valence-corrected chi connectivity index (χ2v) is 7.18. The van der Waals surface area contributed by atoms with E-state index in [-0.39, 0.29) is 5.91 Å². The third kappa shape index (κ3) is 2.94. The van der Waals surface area contributed by atoms with E-state index < -0.39 is 0 Å². The number of hydrogen-bond donors (Lipinski definition) is 1. The van der Waals surface area contributed by atoms with E-state index in [9.17, 15) is 4.79 Å². The summed E-state index contributed by atoms with van der Waals surface area (Å²) < 4.78 is 0.886. The first-order chi connectivity index (χ1) is 11.6. The Morgan fingerprint density at radius 1 is 1.17 bits per heavy atom. The van der Waals surface area contributed by atoms with Gasteiger partial charge in [-0.25, -0.2) is 0 Å². The topological polar surface area (TPSA) is 42.0 Å². The number of para-hydroxylation sites is 1. The highest BCUT2D eigenvalue weighted by Gasteiger charge is 2.27. The fourth-order valence-electron chi connectivity index (χ4n) is 2.88. The molecule has 4 heteroatoms. The van der Waals surface area contributed by atoms with E-state index in [2.05, 4.69) is 21.2 Å². The van der Waals surface area contributed by atoms with Crippen LogP contribution in [0.1, 0.15) is 40.4 Å². The van der Waals surface area contributed by atoms with Gasteiger partial charge in [0, 0.05) is 21.5 Å². The molecule has 0 unspecified atom stereocenters. The molecule has 1 N–H and O–H groups in total. The molecule has 1 aliphatic rings. The quantitative estimate of drug-likeness (QED) is 0.657. The molecule has 0 aliphatic heterocycles. The standard InChI is InChI=1S/C20H17BrN2O/c1-12-6-9-18(16(21)10-12)23-20(24)15-11-19(13-7-8-13)22-17-5-3-2-4-14(15)17/h2-6,9-11,13H,7-8H2,1H3,(H,23,24). The number of rotatable bonds is 3. The number of nitrogens with one attached hydrogen (secondary N) is 1. The van der Waals surface area contributed by atoms with E-state index in [1.807, 2.05) is 55.5 Å². The zero-order valence-electron chi connectivity index (χ0n) is 13.3. The van der Waals surface area contributed by atoms with Gasteiger partial charge < -0.3 is 5.32 Å². The van der Waals surface area contributed by atoms with Gasteiger partial charge in [0.05, 0.1) is 16.8 Å². The van der Waals surface area contributed by atoms with Gasteiger partial charge >= 0.3 is 0 Å². The summed E-state index contributed by atoms with van der Waals surface area (Å²) in [6.45, 7) is 2.02. The molecule has 3 aromatic rings. The molecule has 0 saturated heterocycles. The predicted molar refractivity (Wildman–Crippen MR) is 101 cm³/mol. The maximum absolute atomic E-state index is 12.9. The molecule has 1 heterocycles. The Morgan fingerprint density at radius 2 is 1.96 bits per heavy atom. The van der Waals surface area contributed by atoms with E-state index in [1.54, 1.807) is 0 Å². The lowest BCUT2D eigenvalue weighted by molar-refractivity contribution is 0.102. The van der Waals surface area contributed by atoms with Crippen LogP contribution in [0, 0.1) is 6.92 Å². The maximum Gasteiger partial charge on any atom is 0.256 e. The molecule has 1 saturated carbocycles. The number of anilines is 1. The highest BCUT2D eigenvalue weighted by Crippen LogP contribution is 2.40. The van der Waals surface area contributed by atoms with E-state index in [1.165, 1.54) is 0 Å². The first-order valence-corrected chi connectivity index (χ1v) is 8.88. The average Bonchev–Trinajstić information content (AvgIpc) is 3.41. The Hall–Kier alpha value is -2.20.